The Balaban J connectivity index is 1.74. The van der Waals surface area contributed by atoms with Gasteiger partial charge in [-0.15, -0.1) is 0 Å². The third-order valence-electron chi connectivity index (χ3n) is 4.19. The van der Waals surface area contributed by atoms with E-state index in [9.17, 15) is 9.18 Å². The number of halogens is 1. The second-order valence-electron chi connectivity index (χ2n) is 6.29. The van der Waals surface area contributed by atoms with Gasteiger partial charge in [0.2, 0.25) is 0 Å². The molecule has 0 saturated heterocycles. The zero-order valence-electron chi connectivity index (χ0n) is 15.7. The van der Waals surface area contributed by atoms with E-state index in [1.165, 1.54) is 23.0 Å². The molecule has 0 fully saturated rings. The highest BCUT2D eigenvalue weighted by atomic mass is 19.1. The highest BCUT2D eigenvalue weighted by Crippen LogP contribution is 2.22. The van der Waals surface area contributed by atoms with Gasteiger partial charge >= 0.3 is 0 Å². The van der Waals surface area contributed by atoms with Gasteiger partial charge in [0.15, 0.2) is 5.78 Å². The number of ether oxygens (including phenoxy) is 1. The molecule has 0 atom stereocenters. The number of rotatable bonds is 9. The Morgan fingerprint density at radius 1 is 1.21 bits per heavy atom. The summed E-state index contributed by atoms with van der Waals surface area (Å²) in [6, 6.07) is 12.7. The molecule has 3 rings (SSSR count). The Hall–Kier alpha value is -3.19. The van der Waals surface area contributed by atoms with Crippen LogP contribution in [0.25, 0.3) is 5.69 Å². The van der Waals surface area contributed by atoms with Gasteiger partial charge in [-0.2, -0.15) is 5.10 Å². The Morgan fingerprint density at radius 2 is 2.00 bits per heavy atom. The number of nitrogens with one attached hydrogen (secondary N) is 1. The smallest absolute Gasteiger partial charge is 0.198 e. The number of ketones is 1. The molecule has 3 aromatic rings. The largest absolute Gasteiger partial charge is 0.492 e. The Kier molecular flexibility index (Phi) is 6.39. The molecule has 0 aliphatic heterocycles. The molecule has 6 nitrogen and oxygen atoms in total. The third-order valence-corrected chi connectivity index (χ3v) is 4.19. The van der Waals surface area contributed by atoms with Gasteiger partial charge in [0.1, 0.15) is 24.0 Å². The topological polar surface area (TPSA) is 82.2 Å². The first kappa shape index (κ1) is 19.6. The van der Waals surface area contributed by atoms with Crippen LogP contribution in [0.1, 0.15) is 29.3 Å². The SMILES string of the molecule is CCCNCCOc1cccc(C(=O)c2cnn(-c3ccc(F)cc3)c2N)c1. The number of nitrogens with two attached hydrogens (primary N) is 1. The van der Waals surface area contributed by atoms with E-state index in [4.69, 9.17) is 10.5 Å². The van der Waals surface area contributed by atoms with Crippen LogP contribution in [0.5, 0.6) is 5.75 Å². The van der Waals surface area contributed by atoms with Crippen molar-refractivity contribution in [3.63, 3.8) is 0 Å². The Bertz CT molecular complexity index is 938. The van der Waals surface area contributed by atoms with Gasteiger partial charge in [0.05, 0.1) is 17.4 Å². The molecule has 0 saturated carbocycles. The summed E-state index contributed by atoms with van der Waals surface area (Å²) in [7, 11) is 0. The van der Waals surface area contributed by atoms with E-state index in [-0.39, 0.29) is 23.0 Å². The molecule has 28 heavy (non-hydrogen) atoms. The molecule has 2 aromatic carbocycles. The van der Waals surface area contributed by atoms with Gasteiger partial charge in [-0.25, -0.2) is 9.07 Å². The molecule has 146 valence electrons. The number of anilines is 1. The molecular formula is C21H23FN4O2. The van der Waals surface area contributed by atoms with Gasteiger partial charge in [0, 0.05) is 12.1 Å². The van der Waals surface area contributed by atoms with Crippen LogP contribution >= 0.6 is 0 Å². The van der Waals surface area contributed by atoms with Gasteiger partial charge in [0.25, 0.3) is 0 Å². The number of hydrogen-bond acceptors (Lipinski definition) is 5. The lowest BCUT2D eigenvalue weighted by Crippen LogP contribution is -2.21. The van der Waals surface area contributed by atoms with E-state index in [1.807, 2.05) is 6.07 Å². The predicted octanol–water partition coefficient (Wildman–Crippen LogP) is 3.20. The Labute approximate surface area is 163 Å². The lowest BCUT2D eigenvalue weighted by Gasteiger charge is -2.08. The molecule has 0 aliphatic carbocycles. The van der Waals surface area contributed by atoms with E-state index in [2.05, 4.69) is 17.3 Å². The van der Waals surface area contributed by atoms with E-state index >= 15 is 0 Å². The molecule has 0 spiro atoms. The van der Waals surface area contributed by atoms with Crippen molar-refractivity contribution in [1.29, 1.82) is 0 Å². The standard InChI is InChI=1S/C21H23FN4O2/c1-2-10-24-11-12-28-18-5-3-4-15(13-18)20(27)19-14-25-26(21(19)23)17-8-6-16(22)7-9-17/h3-9,13-14,24H,2,10-12,23H2,1H3. The molecule has 0 aliphatic rings. The molecule has 0 unspecified atom stereocenters. The number of benzene rings is 2. The quantitative estimate of drug-likeness (QED) is 0.439. The maximum atomic E-state index is 13.1. The fourth-order valence-electron chi connectivity index (χ4n) is 2.75. The van der Waals surface area contributed by atoms with Crippen molar-refractivity contribution in [2.24, 2.45) is 0 Å². The van der Waals surface area contributed by atoms with Gasteiger partial charge in [-0.05, 0) is 49.4 Å². The van der Waals surface area contributed by atoms with Crippen molar-refractivity contribution >= 4 is 11.6 Å². The number of carbonyl (C=O) groups is 1. The molecule has 0 bridgehead atoms. The second-order valence-corrected chi connectivity index (χ2v) is 6.29. The van der Waals surface area contributed by atoms with Crippen LogP contribution in [0.4, 0.5) is 10.2 Å². The number of aromatic nitrogens is 2. The van der Waals surface area contributed by atoms with Crippen molar-refractivity contribution < 1.29 is 13.9 Å². The predicted molar refractivity (Wildman–Crippen MR) is 106 cm³/mol. The van der Waals surface area contributed by atoms with Gasteiger partial charge in [-0.1, -0.05) is 19.1 Å². The first-order valence-electron chi connectivity index (χ1n) is 9.18. The highest BCUT2D eigenvalue weighted by molar-refractivity contribution is 6.11. The summed E-state index contributed by atoms with van der Waals surface area (Å²) < 4.78 is 20.2. The summed E-state index contributed by atoms with van der Waals surface area (Å²) in [5.41, 5.74) is 7.45. The fraction of sp³-hybridized carbons (Fsp3) is 0.238. The first-order chi connectivity index (χ1) is 13.6. The summed E-state index contributed by atoms with van der Waals surface area (Å²) >= 11 is 0. The van der Waals surface area contributed by atoms with Crippen LogP contribution in [0.15, 0.2) is 54.7 Å². The summed E-state index contributed by atoms with van der Waals surface area (Å²) in [6.07, 6.45) is 2.49. The highest BCUT2D eigenvalue weighted by Gasteiger charge is 2.18. The second kappa shape index (κ2) is 9.14. The molecule has 1 aromatic heterocycles. The summed E-state index contributed by atoms with van der Waals surface area (Å²) in [5, 5.41) is 7.43. The lowest BCUT2D eigenvalue weighted by molar-refractivity contribution is 0.103. The molecule has 7 heteroatoms. The number of nitrogens with zero attached hydrogens (tertiary/aromatic N) is 2. The molecule has 0 radical (unpaired) electrons. The number of hydrogen-bond donors (Lipinski definition) is 2. The van der Waals surface area contributed by atoms with Crippen LogP contribution < -0.4 is 15.8 Å². The van der Waals surface area contributed by atoms with E-state index in [0.29, 0.717) is 23.6 Å². The molecule has 3 N–H and O–H groups in total. The number of nitrogen functional groups attached to an aromatic ring is 1. The van der Waals surface area contributed by atoms with Crippen LogP contribution in [0, 0.1) is 5.82 Å². The van der Waals surface area contributed by atoms with Crippen LogP contribution in [0.2, 0.25) is 0 Å². The first-order valence-corrected chi connectivity index (χ1v) is 9.18. The summed E-state index contributed by atoms with van der Waals surface area (Å²) in [6.45, 7) is 4.30. The van der Waals surface area contributed by atoms with Crippen LogP contribution in [-0.4, -0.2) is 35.3 Å². The van der Waals surface area contributed by atoms with Crippen molar-refractivity contribution in [2.45, 2.75) is 13.3 Å². The fourth-order valence-corrected chi connectivity index (χ4v) is 2.75. The third kappa shape index (κ3) is 4.55. The zero-order chi connectivity index (χ0) is 19.9. The van der Waals surface area contributed by atoms with Crippen molar-refractivity contribution in [2.75, 3.05) is 25.4 Å². The van der Waals surface area contributed by atoms with Crippen molar-refractivity contribution in [3.05, 3.63) is 71.7 Å². The molecule has 0 amide bonds. The molecular weight excluding hydrogens is 359 g/mol. The maximum Gasteiger partial charge on any atom is 0.198 e. The minimum absolute atomic E-state index is 0.201. The van der Waals surface area contributed by atoms with Crippen molar-refractivity contribution in [3.8, 4) is 11.4 Å². The van der Waals surface area contributed by atoms with Gasteiger partial charge in [-0.3, -0.25) is 4.79 Å². The molecule has 1 heterocycles. The summed E-state index contributed by atoms with van der Waals surface area (Å²) in [5.74, 6) is 0.216. The minimum Gasteiger partial charge on any atom is -0.492 e. The van der Waals surface area contributed by atoms with Crippen LogP contribution in [-0.2, 0) is 0 Å². The lowest BCUT2D eigenvalue weighted by atomic mass is 10.1. The van der Waals surface area contributed by atoms with Crippen molar-refractivity contribution in [1.82, 2.24) is 15.1 Å². The average Bonchev–Trinajstić information content (AvgIpc) is 3.09. The normalized spacial score (nSPS) is 10.8. The van der Waals surface area contributed by atoms with E-state index in [0.717, 1.165) is 19.5 Å². The minimum atomic E-state index is -0.354. The maximum absolute atomic E-state index is 13.1. The van der Waals surface area contributed by atoms with Gasteiger partial charge < -0.3 is 15.8 Å². The zero-order valence-corrected chi connectivity index (χ0v) is 15.7. The van der Waals surface area contributed by atoms with E-state index < -0.39 is 0 Å². The van der Waals surface area contributed by atoms with Crippen LogP contribution in [0.3, 0.4) is 0 Å². The average molecular weight is 382 g/mol. The summed E-state index contributed by atoms with van der Waals surface area (Å²) in [4.78, 5) is 12.9. The van der Waals surface area contributed by atoms with E-state index in [1.54, 1.807) is 30.3 Å². The number of carbonyl (C=O) groups excluding carboxylic acids is 1. The monoisotopic (exact) mass is 382 g/mol. The Morgan fingerprint density at radius 3 is 2.75 bits per heavy atom.